The predicted octanol–water partition coefficient (Wildman–Crippen LogP) is 2.14. The molecule has 5 nitrogen and oxygen atoms in total. The number of carbonyl (C=O) groups excluding carboxylic acids is 1. The minimum Gasteiger partial charge on any atom is -0.342 e. The van der Waals surface area contributed by atoms with E-state index >= 15 is 0 Å². The maximum Gasteiger partial charge on any atom is 0.223 e. The summed E-state index contributed by atoms with van der Waals surface area (Å²) in [5, 5.41) is 0. The number of nitrogens with two attached hydrogens (primary N) is 1. The predicted molar refractivity (Wildman–Crippen MR) is 87.6 cm³/mol. The number of carbonyl (C=O) groups is 1. The lowest BCUT2D eigenvalue weighted by molar-refractivity contribution is -0.134. The molecule has 0 spiro atoms. The molecule has 22 heavy (non-hydrogen) atoms. The number of hydrogen-bond acceptors (Lipinski definition) is 3. The Morgan fingerprint density at radius 3 is 3.09 bits per heavy atom. The highest BCUT2D eigenvalue weighted by Crippen LogP contribution is 2.19. The molecule has 0 radical (unpaired) electrons. The molecule has 0 saturated carbocycles. The van der Waals surface area contributed by atoms with Gasteiger partial charge in [-0.05, 0) is 37.8 Å². The van der Waals surface area contributed by atoms with Gasteiger partial charge in [0.15, 0.2) is 0 Å². The standard InChI is InChI=1S/C17H24N4O/c1-12-5-4-7-14-17(12)20-15(19-14)8-9-16(22)21-10-3-2-6-13(21)11-18/h4-5,7,13H,2-3,6,8-11,18H2,1H3,(H,19,20). The monoisotopic (exact) mass is 300 g/mol. The highest BCUT2D eigenvalue weighted by atomic mass is 16.2. The fourth-order valence-corrected chi connectivity index (χ4v) is 3.29. The zero-order valence-electron chi connectivity index (χ0n) is 13.1. The number of benzene rings is 1. The van der Waals surface area contributed by atoms with Gasteiger partial charge >= 0.3 is 0 Å². The van der Waals surface area contributed by atoms with Crippen molar-refractivity contribution in [1.29, 1.82) is 0 Å². The average molecular weight is 300 g/mol. The van der Waals surface area contributed by atoms with Gasteiger partial charge in [-0.15, -0.1) is 0 Å². The second-order valence-electron chi connectivity index (χ2n) is 6.13. The molecule has 1 saturated heterocycles. The SMILES string of the molecule is Cc1cccc2[nH]c(CCC(=O)N3CCCCC3CN)nc12. The van der Waals surface area contributed by atoms with Crippen molar-refractivity contribution >= 4 is 16.9 Å². The van der Waals surface area contributed by atoms with Crippen LogP contribution >= 0.6 is 0 Å². The van der Waals surface area contributed by atoms with Gasteiger partial charge in [-0.1, -0.05) is 12.1 Å². The Hall–Kier alpha value is -1.88. The summed E-state index contributed by atoms with van der Waals surface area (Å²) in [7, 11) is 0. The van der Waals surface area contributed by atoms with Gasteiger partial charge < -0.3 is 15.6 Å². The van der Waals surface area contributed by atoms with Crippen LogP contribution in [0.1, 0.15) is 37.1 Å². The Bertz CT molecular complexity index is 664. The molecule has 1 aliphatic heterocycles. The number of H-pyrrole nitrogens is 1. The lowest BCUT2D eigenvalue weighted by Crippen LogP contribution is -2.47. The summed E-state index contributed by atoms with van der Waals surface area (Å²) in [5.41, 5.74) is 9.00. The number of nitrogens with zero attached hydrogens (tertiary/aromatic N) is 2. The quantitative estimate of drug-likeness (QED) is 0.908. The molecular weight excluding hydrogens is 276 g/mol. The maximum atomic E-state index is 12.5. The Kier molecular flexibility index (Phi) is 4.43. The van der Waals surface area contributed by atoms with Gasteiger partial charge in [-0.25, -0.2) is 4.98 Å². The second-order valence-corrected chi connectivity index (χ2v) is 6.13. The molecule has 1 aromatic carbocycles. The molecule has 1 unspecified atom stereocenters. The third-order valence-electron chi connectivity index (χ3n) is 4.56. The molecule has 1 aromatic heterocycles. The van der Waals surface area contributed by atoms with E-state index in [1.807, 2.05) is 17.0 Å². The van der Waals surface area contributed by atoms with Crippen LogP contribution in [0.4, 0.5) is 0 Å². The smallest absolute Gasteiger partial charge is 0.223 e. The maximum absolute atomic E-state index is 12.5. The number of piperidine rings is 1. The Morgan fingerprint density at radius 2 is 2.32 bits per heavy atom. The summed E-state index contributed by atoms with van der Waals surface area (Å²) in [4.78, 5) is 22.4. The van der Waals surface area contributed by atoms with Crippen molar-refractivity contribution in [3.8, 4) is 0 Å². The van der Waals surface area contributed by atoms with Crippen LogP contribution in [0.5, 0.6) is 0 Å². The zero-order valence-corrected chi connectivity index (χ0v) is 13.1. The molecule has 3 N–H and O–H groups in total. The van der Waals surface area contributed by atoms with Crippen molar-refractivity contribution in [3.05, 3.63) is 29.6 Å². The van der Waals surface area contributed by atoms with E-state index in [9.17, 15) is 4.79 Å². The number of rotatable bonds is 4. The van der Waals surface area contributed by atoms with Gasteiger partial charge in [0.25, 0.3) is 0 Å². The second kappa shape index (κ2) is 6.48. The van der Waals surface area contributed by atoms with Crippen LogP contribution in [0, 0.1) is 6.92 Å². The van der Waals surface area contributed by atoms with Gasteiger partial charge in [0, 0.05) is 32.0 Å². The topological polar surface area (TPSA) is 75.0 Å². The number of aromatic nitrogens is 2. The molecule has 118 valence electrons. The highest BCUT2D eigenvalue weighted by Gasteiger charge is 2.25. The van der Waals surface area contributed by atoms with Crippen LogP contribution in [0.25, 0.3) is 11.0 Å². The summed E-state index contributed by atoms with van der Waals surface area (Å²) in [5.74, 6) is 1.09. The summed E-state index contributed by atoms with van der Waals surface area (Å²) >= 11 is 0. The lowest BCUT2D eigenvalue weighted by atomic mass is 10.0. The van der Waals surface area contributed by atoms with Gasteiger partial charge in [0.05, 0.1) is 11.0 Å². The van der Waals surface area contributed by atoms with E-state index in [4.69, 9.17) is 5.73 Å². The van der Waals surface area contributed by atoms with Crippen LogP contribution in [-0.2, 0) is 11.2 Å². The van der Waals surface area contributed by atoms with E-state index in [1.165, 1.54) is 6.42 Å². The number of aromatic amines is 1. The van der Waals surface area contributed by atoms with Crippen LogP contribution in [0.2, 0.25) is 0 Å². The molecule has 2 heterocycles. The Morgan fingerprint density at radius 1 is 1.45 bits per heavy atom. The highest BCUT2D eigenvalue weighted by molar-refractivity contribution is 5.79. The number of para-hydroxylation sites is 1. The number of amides is 1. The van der Waals surface area contributed by atoms with E-state index in [0.29, 0.717) is 19.4 Å². The van der Waals surface area contributed by atoms with E-state index in [0.717, 1.165) is 41.8 Å². The first kappa shape index (κ1) is 15.0. The van der Waals surface area contributed by atoms with Crippen molar-refractivity contribution in [2.24, 2.45) is 5.73 Å². The molecule has 0 bridgehead atoms. The third-order valence-corrected chi connectivity index (χ3v) is 4.56. The molecule has 1 aliphatic rings. The summed E-state index contributed by atoms with van der Waals surface area (Å²) in [6.45, 7) is 3.47. The van der Waals surface area contributed by atoms with Crippen LogP contribution in [0.3, 0.4) is 0 Å². The van der Waals surface area contributed by atoms with Crippen molar-refractivity contribution in [2.45, 2.75) is 45.1 Å². The van der Waals surface area contributed by atoms with Gasteiger partial charge in [-0.3, -0.25) is 4.79 Å². The average Bonchev–Trinajstić information content (AvgIpc) is 2.97. The molecule has 5 heteroatoms. The first-order chi connectivity index (χ1) is 10.7. The van der Waals surface area contributed by atoms with Gasteiger partial charge in [0.1, 0.15) is 5.82 Å². The zero-order chi connectivity index (χ0) is 15.5. The molecule has 3 rings (SSSR count). The minimum absolute atomic E-state index is 0.201. The van der Waals surface area contributed by atoms with Crippen molar-refractivity contribution < 1.29 is 4.79 Å². The largest absolute Gasteiger partial charge is 0.342 e. The van der Waals surface area contributed by atoms with E-state index in [-0.39, 0.29) is 11.9 Å². The molecule has 1 atom stereocenters. The fraction of sp³-hybridized carbons (Fsp3) is 0.529. The Balaban J connectivity index is 1.65. The molecule has 0 aliphatic carbocycles. The first-order valence-corrected chi connectivity index (χ1v) is 8.13. The summed E-state index contributed by atoms with van der Waals surface area (Å²) in [6.07, 6.45) is 4.45. The van der Waals surface area contributed by atoms with Gasteiger partial charge in [-0.2, -0.15) is 0 Å². The first-order valence-electron chi connectivity index (χ1n) is 8.13. The number of aryl methyl sites for hydroxylation is 2. The minimum atomic E-state index is 0.201. The van der Waals surface area contributed by atoms with Crippen molar-refractivity contribution in [3.63, 3.8) is 0 Å². The van der Waals surface area contributed by atoms with E-state index < -0.39 is 0 Å². The van der Waals surface area contributed by atoms with Crippen molar-refractivity contribution in [1.82, 2.24) is 14.9 Å². The van der Waals surface area contributed by atoms with Crippen molar-refractivity contribution in [2.75, 3.05) is 13.1 Å². The molecular formula is C17H24N4O. The lowest BCUT2D eigenvalue weighted by Gasteiger charge is -2.35. The summed E-state index contributed by atoms with van der Waals surface area (Å²) < 4.78 is 0. The number of fused-ring (bicyclic) bond motifs is 1. The van der Waals surface area contributed by atoms with Gasteiger partial charge in [0.2, 0.25) is 5.91 Å². The molecule has 1 fully saturated rings. The van der Waals surface area contributed by atoms with E-state index in [1.54, 1.807) is 0 Å². The summed E-state index contributed by atoms with van der Waals surface area (Å²) in [6, 6.07) is 6.32. The third kappa shape index (κ3) is 2.99. The van der Waals surface area contributed by atoms with Crippen LogP contribution in [-0.4, -0.2) is 39.9 Å². The number of hydrogen-bond donors (Lipinski definition) is 2. The van der Waals surface area contributed by atoms with Crippen LogP contribution in [0.15, 0.2) is 18.2 Å². The fourth-order valence-electron chi connectivity index (χ4n) is 3.29. The molecule has 1 amide bonds. The van der Waals surface area contributed by atoms with E-state index in [2.05, 4.69) is 23.0 Å². The molecule has 2 aromatic rings. The Labute approximate surface area is 130 Å². The normalized spacial score (nSPS) is 18.8. The van der Waals surface area contributed by atoms with Crippen LogP contribution < -0.4 is 5.73 Å². The number of likely N-dealkylation sites (tertiary alicyclic amines) is 1. The number of nitrogens with one attached hydrogen (secondary N) is 1. The number of imidazole rings is 1.